The first kappa shape index (κ1) is 11.5. The fourth-order valence-electron chi connectivity index (χ4n) is 1.28. The van der Waals surface area contributed by atoms with E-state index in [4.69, 9.17) is 5.26 Å². The van der Waals surface area contributed by atoms with Crippen molar-refractivity contribution in [3.63, 3.8) is 0 Å². The lowest BCUT2D eigenvalue weighted by Gasteiger charge is -1.96. The Balaban J connectivity index is 2.49. The summed E-state index contributed by atoms with van der Waals surface area (Å²) in [7, 11) is 1.95. The predicted molar refractivity (Wildman–Crippen MR) is 63.3 cm³/mol. The molecule has 1 aromatic carbocycles. The van der Waals surface area contributed by atoms with Gasteiger partial charge in [0.05, 0.1) is 12.5 Å². The van der Waals surface area contributed by atoms with Crippen LogP contribution >= 0.6 is 0 Å². The van der Waals surface area contributed by atoms with Crippen LogP contribution in [0.1, 0.15) is 17.5 Å². The van der Waals surface area contributed by atoms with E-state index < -0.39 is 0 Å². The highest BCUT2D eigenvalue weighted by Gasteiger charge is 1.90. The van der Waals surface area contributed by atoms with E-state index in [9.17, 15) is 0 Å². The molecule has 0 atom stereocenters. The summed E-state index contributed by atoms with van der Waals surface area (Å²) in [6, 6.07) is 10.2. The van der Waals surface area contributed by atoms with Crippen molar-refractivity contribution in [2.24, 2.45) is 0 Å². The lowest BCUT2D eigenvalue weighted by Crippen LogP contribution is -2.05. The highest BCUT2D eigenvalue weighted by Crippen LogP contribution is 2.06. The Morgan fingerprint density at radius 2 is 2.07 bits per heavy atom. The van der Waals surface area contributed by atoms with Gasteiger partial charge in [0.2, 0.25) is 0 Å². The van der Waals surface area contributed by atoms with Crippen LogP contribution in [0.4, 0.5) is 0 Å². The molecule has 2 nitrogen and oxygen atoms in total. The van der Waals surface area contributed by atoms with Crippen LogP contribution in [0.3, 0.4) is 0 Å². The normalized spacial score (nSPS) is 10.4. The van der Waals surface area contributed by atoms with Gasteiger partial charge >= 0.3 is 0 Å². The Morgan fingerprint density at radius 3 is 2.67 bits per heavy atom. The fraction of sp³-hybridized carbons (Fsp3) is 0.308. The molecule has 1 aromatic rings. The van der Waals surface area contributed by atoms with E-state index in [1.165, 1.54) is 5.56 Å². The standard InChI is InChI=1S/C13H16N2/c1-15-11-3-2-4-12-5-7-13(8-6-12)9-10-14/h2,4-8,15H,3,9,11H2,1H3. The average Bonchev–Trinajstić information content (AvgIpc) is 2.27. The van der Waals surface area contributed by atoms with Gasteiger partial charge < -0.3 is 5.32 Å². The molecular formula is C13H16N2. The van der Waals surface area contributed by atoms with E-state index in [1.54, 1.807) is 0 Å². The van der Waals surface area contributed by atoms with Crippen molar-refractivity contribution in [2.75, 3.05) is 13.6 Å². The van der Waals surface area contributed by atoms with Gasteiger partial charge in [-0.15, -0.1) is 0 Å². The van der Waals surface area contributed by atoms with E-state index in [1.807, 2.05) is 31.3 Å². The molecule has 0 fully saturated rings. The Kier molecular flexibility index (Phi) is 5.21. The summed E-state index contributed by atoms with van der Waals surface area (Å²) < 4.78 is 0. The average molecular weight is 200 g/mol. The predicted octanol–water partition coefficient (Wildman–Crippen LogP) is 2.38. The molecule has 0 aliphatic carbocycles. The van der Waals surface area contributed by atoms with Gasteiger partial charge in [-0.1, -0.05) is 36.4 Å². The van der Waals surface area contributed by atoms with Gasteiger partial charge in [0.15, 0.2) is 0 Å². The van der Waals surface area contributed by atoms with Crippen LogP contribution < -0.4 is 5.32 Å². The maximum Gasteiger partial charge on any atom is 0.0669 e. The molecule has 0 saturated heterocycles. The third kappa shape index (κ3) is 4.44. The largest absolute Gasteiger partial charge is 0.319 e. The van der Waals surface area contributed by atoms with Gasteiger partial charge in [-0.3, -0.25) is 0 Å². The second-order valence-corrected chi connectivity index (χ2v) is 3.37. The van der Waals surface area contributed by atoms with Gasteiger partial charge in [0.25, 0.3) is 0 Å². The van der Waals surface area contributed by atoms with Gasteiger partial charge in [-0.05, 0) is 31.1 Å². The quantitative estimate of drug-likeness (QED) is 0.741. The summed E-state index contributed by atoms with van der Waals surface area (Å²) in [6.07, 6.45) is 5.78. The smallest absolute Gasteiger partial charge is 0.0669 e. The van der Waals surface area contributed by atoms with Crippen molar-refractivity contribution < 1.29 is 0 Å². The van der Waals surface area contributed by atoms with Gasteiger partial charge in [-0.25, -0.2) is 0 Å². The fourth-order valence-corrected chi connectivity index (χ4v) is 1.28. The summed E-state index contributed by atoms with van der Waals surface area (Å²) in [5.74, 6) is 0. The zero-order valence-electron chi connectivity index (χ0n) is 9.03. The van der Waals surface area contributed by atoms with Crippen molar-refractivity contribution in [2.45, 2.75) is 12.8 Å². The molecule has 0 aromatic heterocycles. The highest BCUT2D eigenvalue weighted by atomic mass is 14.8. The second kappa shape index (κ2) is 6.80. The zero-order chi connectivity index (χ0) is 10.9. The Morgan fingerprint density at radius 1 is 1.33 bits per heavy atom. The lowest BCUT2D eigenvalue weighted by atomic mass is 10.1. The number of benzene rings is 1. The third-order valence-corrected chi connectivity index (χ3v) is 2.13. The van der Waals surface area contributed by atoms with E-state index in [0.717, 1.165) is 18.5 Å². The summed E-state index contributed by atoms with van der Waals surface area (Å²) in [4.78, 5) is 0. The summed E-state index contributed by atoms with van der Waals surface area (Å²) in [6.45, 7) is 1.00. The van der Waals surface area contributed by atoms with Gasteiger partial charge in [-0.2, -0.15) is 5.26 Å². The van der Waals surface area contributed by atoms with Crippen LogP contribution in [0.25, 0.3) is 6.08 Å². The lowest BCUT2D eigenvalue weighted by molar-refractivity contribution is 0.809. The van der Waals surface area contributed by atoms with Crippen molar-refractivity contribution in [1.82, 2.24) is 5.32 Å². The molecule has 78 valence electrons. The molecule has 0 radical (unpaired) electrons. The minimum absolute atomic E-state index is 0.490. The molecule has 0 unspecified atom stereocenters. The minimum atomic E-state index is 0.490. The van der Waals surface area contributed by atoms with E-state index in [2.05, 4.69) is 23.5 Å². The van der Waals surface area contributed by atoms with Crippen molar-refractivity contribution in [3.05, 3.63) is 41.5 Å². The van der Waals surface area contributed by atoms with Crippen LogP contribution in [0.5, 0.6) is 0 Å². The SMILES string of the molecule is CNCCC=Cc1ccc(CC#N)cc1. The molecule has 1 rings (SSSR count). The zero-order valence-corrected chi connectivity index (χ0v) is 9.03. The first-order chi connectivity index (χ1) is 7.36. The molecule has 15 heavy (non-hydrogen) atoms. The van der Waals surface area contributed by atoms with Crippen LogP contribution in [-0.2, 0) is 6.42 Å². The molecule has 0 bridgehead atoms. The van der Waals surface area contributed by atoms with E-state index in [-0.39, 0.29) is 0 Å². The first-order valence-electron chi connectivity index (χ1n) is 5.14. The van der Waals surface area contributed by atoms with Crippen LogP contribution in [0.15, 0.2) is 30.3 Å². The Labute approximate surface area is 91.2 Å². The van der Waals surface area contributed by atoms with Crippen LogP contribution in [-0.4, -0.2) is 13.6 Å². The summed E-state index contributed by atoms with van der Waals surface area (Å²) in [5, 5.41) is 11.6. The Hall–Kier alpha value is -1.59. The van der Waals surface area contributed by atoms with E-state index >= 15 is 0 Å². The molecule has 0 saturated carbocycles. The topological polar surface area (TPSA) is 35.8 Å². The number of nitriles is 1. The Bertz CT molecular complexity index is 344. The van der Waals surface area contributed by atoms with Crippen molar-refractivity contribution in [3.8, 4) is 6.07 Å². The number of hydrogen-bond acceptors (Lipinski definition) is 2. The first-order valence-corrected chi connectivity index (χ1v) is 5.14. The van der Waals surface area contributed by atoms with Crippen molar-refractivity contribution >= 4 is 6.08 Å². The molecule has 2 heteroatoms. The number of hydrogen-bond donors (Lipinski definition) is 1. The van der Waals surface area contributed by atoms with Gasteiger partial charge in [0.1, 0.15) is 0 Å². The second-order valence-electron chi connectivity index (χ2n) is 3.37. The number of nitrogens with one attached hydrogen (secondary N) is 1. The van der Waals surface area contributed by atoms with Crippen LogP contribution in [0, 0.1) is 11.3 Å². The van der Waals surface area contributed by atoms with E-state index in [0.29, 0.717) is 6.42 Å². The molecule has 0 aliphatic rings. The molecule has 0 amide bonds. The monoisotopic (exact) mass is 200 g/mol. The van der Waals surface area contributed by atoms with Crippen molar-refractivity contribution in [1.29, 1.82) is 5.26 Å². The van der Waals surface area contributed by atoms with Gasteiger partial charge in [0, 0.05) is 0 Å². The molecular weight excluding hydrogens is 184 g/mol. The maximum absolute atomic E-state index is 8.52. The maximum atomic E-state index is 8.52. The summed E-state index contributed by atoms with van der Waals surface area (Å²) >= 11 is 0. The molecule has 1 N–H and O–H groups in total. The molecule has 0 aliphatic heterocycles. The highest BCUT2D eigenvalue weighted by molar-refractivity contribution is 5.49. The molecule has 0 heterocycles. The summed E-state index contributed by atoms with van der Waals surface area (Å²) in [5.41, 5.74) is 2.26. The third-order valence-electron chi connectivity index (χ3n) is 2.13. The van der Waals surface area contributed by atoms with Crippen LogP contribution in [0.2, 0.25) is 0 Å². The minimum Gasteiger partial charge on any atom is -0.319 e. The number of rotatable bonds is 5. The number of nitrogens with zero attached hydrogens (tertiary/aromatic N) is 1. The molecule has 0 spiro atoms.